The zero-order chi connectivity index (χ0) is 11.3. The van der Waals surface area contributed by atoms with Crippen LogP contribution in [-0.4, -0.2) is 21.5 Å². The summed E-state index contributed by atoms with van der Waals surface area (Å²) in [6, 6.07) is 6.40. The van der Waals surface area contributed by atoms with E-state index in [1.54, 1.807) is 12.1 Å². The van der Waals surface area contributed by atoms with Gasteiger partial charge >= 0.3 is 10.1 Å². The second-order valence-corrected chi connectivity index (χ2v) is 4.58. The molecule has 5 nitrogen and oxygen atoms in total. The van der Waals surface area contributed by atoms with Gasteiger partial charge < -0.3 is 5.73 Å². The summed E-state index contributed by atoms with van der Waals surface area (Å²) in [5.41, 5.74) is 8.44. The van der Waals surface area contributed by atoms with E-state index in [-0.39, 0.29) is 11.4 Å². The topological polar surface area (TPSA) is 81.4 Å². The van der Waals surface area contributed by atoms with E-state index >= 15 is 0 Å². The summed E-state index contributed by atoms with van der Waals surface area (Å²) in [6.45, 7) is 2.47. The van der Waals surface area contributed by atoms with E-state index in [1.807, 2.05) is 6.92 Å². The molecular weight excluding hydrogens is 216 g/mol. The summed E-state index contributed by atoms with van der Waals surface area (Å²) in [6.07, 6.45) is 0. The van der Waals surface area contributed by atoms with Gasteiger partial charge in [0.2, 0.25) is 0 Å². The van der Waals surface area contributed by atoms with Crippen LogP contribution in [0.5, 0.6) is 0 Å². The largest absolute Gasteiger partial charge is 0.329 e. The molecule has 0 heterocycles. The van der Waals surface area contributed by atoms with Crippen LogP contribution >= 0.6 is 0 Å². The van der Waals surface area contributed by atoms with Crippen molar-refractivity contribution < 1.29 is 12.7 Å². The lowest BCUT2D eigenvalue weighted by atomic mass is 10.2. The van der Waals surface area contributed by atoms with Gasteiger partial charge in [0.1, 0.15) is 0 Å². The van der Waals surface area contributed by atoms with E-state index in [1.165, 1.54) is 12.1 Å². The monoisotopic (exact) mass is 230 g/mol. The number of hydroxylamine groups is 1. The van der Waals surface area contributed by atoms with Crippen LogP contribution in [0.15, 0.2) is 29.2 Å². The highest BCUT2D eigenvalue weighted by atomic mass is 32.2. The Morgan fingerprint density at radius 3 is 2.47 bits per heavy atom. The van der Waals surface area contributed by atoms with Crippen LogP contribution in [0.4, 0.5) is 0 Å². The normalized spacial score (nSPS) is 11.6. The van der Waals surface area contributed by atoms with Gasteiger partial charge in [0, 0.05) is 13.1 Å². The maximum atomic E-state index is 11.5. The molecule has 1 aromatic carbocycles. The standard InChI is InChI=1S/C9H14N2O3S/c1-8-2-4-9(5-3-8)15(12,13)14-11-7-6-10/h2-5,11H,6-7,10H2,1H3. The Kier molecular flexibility index (Phi) is 4.22. The molecule has 0 bridgehead atoms. The van der Waals surface area contributed by atoms with Crippen molar-refractivity contribution in [2.24, 2.45) is 5.73 Å². The molecule has 84 valence electrons. The minimum atomic E-state index is -3.72. The van der Waals surface area contributed by atoms with Crippen LogP contribution in [0.1, 0.15) is 5.56 Å². The van der Waals surface area contributed by atoms with Gasteiger partial charge in [0.15, 0.2) is 0 Å². The molecule has 0 amide bonds. The van der Waals surface area contributed by atoms with E-state index in [4.69, 9.17) is 5.73 Å². The first kappa shape index (κ1) is 12.1. The number of hydrogen-bond donors (Lipinski definition) is 2. The molecule has 0 spiro atoms. The van der Waals surface area contributed by atoms with Crippen LogP contribution in [0, 0.1) is 6.92 Å². The maximum absolute atomic E-state index is 11.5. The molecule has 0 fully saturated rings. The highest BCUT2D eigenvalue weighted by Crippen LogP contribution is 2.11. The lowest BCUT2D eigenvalue weighted by Gasteiger charge is -2.05. The Labute approximate surface area is 89.3 Å². The third-order valence-corrected chi connectivity index (χ3v) is 2.91. The fourth-order valence-electron chi connectivity index (χ4n) is 0.931. The fourth-order valence-corrected chi connectivity index (χ4v) is 1.74. The van der Waals surface area contributed by atoms with Crippen molar-refractivity contribution in [3.63, 3.8) is 0 Å². The molecule has 15 heavy (non-hydrogen) atoms. The summed E-state index contributed by atoms with van der Waals surface area (Å²) in [7, 11) is -3.72. The van der Waals surface area contributed by atoms with Crippen molar-refractivity contribution in [3.8, 4) is 0 Å². The first-order valence-corrected chi connectivity index (χ1v) is 5.90. The number of aryl methyl sites for hydroxylation is 1. The van der Waals surface area contributed by atoms with Gasteiger partial charge in [-0.1, -0.05) is 17.7 Å². The zero-order valence-corrected chi connectivity index (χ0v) is 9.25. The fraction of sp³-hybridized carbons (Fsp3) is 0.333. The van der Waals surface area contributed by atoms with Crippen LogP contribution in [0.25, 0.3) is 0 Å². The van der Waals surface area contributed by atoms with Gasteiger partial charge in [-0.25, -0.2) is 0 Å². The molecule has 3 N–H and O–H groups in total. The Hall–Kier alpha value is -0.950. The molecule has 0 atom stereocenters. The SMILES string of the molecule is Cc1ccc(S(=O)(=O)ONCCN)cc1. The maximum Gasteiger partial charge on any atom is 0.312 e. The highest BCUT2D eigenvalue weighted by molar-refractivity contribution is 7.86. The van der Waals surface area contributed by atoms with E-state index in [2.05, 4.69) is 9.76 Å². The lowest BCUT2D eigenvalue weighted by molar-refractivity contribution is 0.207. The number of nitrogens with one attached hydrogen (secondary N) is 1. The minimum absolute atomic E-state index is 0.123. The van der Waals surface area contributed by atoms with Crippen LogP contribution in [0.3, 0.4) is 0 Å². The van der Waals surface area contributed by atoms with Crippen molar-refractivity contribution in [1.82, 2.24) is 5.48 Å². The van der Waals surface area contributed by atoms with Gasteiger partial charge in [-0.15, -0.1) is 0 Å². The number of nitrogens with two attached hydrogens (primary N) is 1. The van der Waals surface area contributed by atoms with Gasteiger partial charge in [-0.2, -0.15) is 18.2 Å². The summed E-state index contributed by atoms with van der Waals surface area (Å²) in [4.78, 5) is 0.123. The zero-order valence-electron chi connectivity index (χ0n) is 8.43. The van der Waals surface area contributed by atoms with Crippen molar-refractivity contribution in [2.45, 2.75) is 11.8 Å². The average Bonchev–Trinajstić information content (AvgIpc) is 2.18. The Bertz CT molecular complexity index is 400. The van der Waals surface area contributed by atoms with Crippen molar-refractivity contribution >= 4 is 10.1 Å². The van der Waals surface area contributed by atoms with Crippen molar-refractivity contribution in [2.75, 3.05) is 13.1 Å². The van der Waals surface area contributed by atoms with Crippen LogP contribution in [-0.2, 0) is 14.4 Å². The third-order valence-electron chi connectivity index (χ3n) is 1.72. The first-order valence-electron chi connectivity index (χ1n) is 4.49. The number of rotatable bonds is 5. The van der Waals surface area contributed by atoms with E-state index < -0.39 is 10.1 Å². The predicted molar refractivity (Wildman–Crippen MR) is 56.5 cm³/mol. The molecule has 0 saturated carbocycles. The van der Waals surface area contributed by atoms with Crippen LogP contribution < -0.4 is 11.2 Å². The predicted octanol–water partition coefficient (Wildman–Crippen LogP) is 0.164. The van der Waals surface area contributed by atoms with E-state index in [0.717, 1.165) is 5.56 Å². The van der Waals surface area contributed by atoms with Gasteiger partial charge in [-0.3, -0.25) is 0 Å². The summed E-state index contributed by atoms with van der Waals surface area (Å²) < 4.78 is 27.5. The van der Waals surface area contributed by atoms with Gasteiger partial charge in [-0.05, 0) is 19.1 Å². The molecular formula is C9H14N2O3S. The number of benzene rings is 1. The van der Waals surface area contributed by atoms with Crippen molar-refractivity contribution in [3.05, 3.63) is 29.8 Å². The summed E-state index contributed by atoms with van der Waals surface area (Å²) in [5.74, 6) is 0. The lowest BCUT2D eigenvalue weighted by Crippen LogP contribution is -2.26. The second kappa shape index (κ2) is 5.22. The van der Waals surface area contributed by atoms with Gasteiger partial charge in [0.05, 0.1) is 4.90 Å². The summed E-state index contributed by atoms with van der Waals surface area (Å²) in [5, 5.41) is 0. The van der Waals surface area contributed by atoms with Crippen LogP contribution in [0.2, 0.25) is 0 Å². The highest BCUT2D eigenvalue weighted by Gasteiger charge is 2.14. The first-order chi connectivity index (χ1) is 7.06. The molecule has 0 aliphatic carbocycles. The Morgan fingerprint density at radius 2 is 1.93 bits per heavy atom. The van der Waals surface area contributed by atoms with Crippen molar-refractivity contribution in [1.29, 1.82) is 0 Å². The van der Waals surface area contributed by atoms with Gasteiger partial charge in [0.25, 0.3) is 0 Å². The molecule has 1 aromatic rings. The molecule has 6 heteroatoms. The molecule has 0 radical (unpaired) electrons. The molecule has 0 saturated heterocycles. The second-order valence-electron chi connectivity index (χ2n) is 3.03. The molecule has 0 aliphatic rings. The number of hydrogen-bond acceptors (Lipinski definition) is 5. The molecule has 0 aromatic heterocycles. The third kappa shape index (κ3) is 3.60. The van der Waals surface area contributed by atoms with E-state index in [9.17, 15) is 8.42 Å². The van der Waals surface area contributed by atoms with E-state index in [0.29, 0.717) is 6.54 Å². The average molecular weight is 230 g/mol. The Balaban J connectivity index is 2.73. The smallest absolute Gasteiger partial charge is 0.312 e. The Morgan fingerprint density at radius 1 is 1.33 bits per heavy atom. The minimum Gasteiger partial charge on any atom is -0.329 e. The quantitative estimate of drug-likeness (QED) is 0.556. The molecule has 0 unspecified atom stereocenters. The summed E-state index contributed by atoms with van der Waals surface area (Å²) >= 11 is 0. The molecule has 0 aliphatic heterocycles. The molecule has 1 rings (SSSR count).